The second-order valence-corrected chi connectivity index (χ2v) is 4.80. The number of hydrogen-bond donors (Lipinski definition) is 0. The Hall–Kier alpha value is -2.70. The molecule has 1 heterocycles. The second kappa shape index (κ2) is 7.04. The molecule has 0 saturated heterocycles. The van der Waals surface area contributed by atoms with Crippen LogP contribution in [0.3, 0.4) is 0 Å². The first-order chi connectivity index (χ1) is 10.9. The van der Waals surface area contributed by atoms with Gasteiger partial charge in [-0.25, -0.2) is 9.37 Å². The molecule has 6 nitrogen and oxygen atoms in total. The number of aryl methyl sites for hydroxylation is 2. The van der Waals surface area contributed by atoms with Crippen molar-refractivity contribution in [1.29, 1.82) is 0 Å². The van der Waals surface area contributed by atoms with E-state index >= 15 is 0 Å². The van der Waals surface area contributed by atoms with E-state index in [0.717, 1.165) is 4.90 Å². The molecular weight excluding hydrogens is 303 g/mol. The average molecular weight is 320 g/mol. The quantitative estimate of drug-likeness (QED) is 0.792. The number of rotatable bonds is 5. The summed E-state index contributed by atoms with van der Waals surface area (Å²) in [5.41, 5.74) is 0.344. The number of carbonyl (C=O) groups is 2. The third-order valence-corrected chi connectivity index (χ3v) is 3.08. The summed E-state index contributed by atoms with van der Waals surface area (Å²) in [6.45, 7) is 4.60. The summed E-state index contributed by atoms with van der Waals surface area (Å²) < 4.78 is 24.2. The molecule has 0 radical (unpaired) electrons. The highest BCUT2D eigenvalue weighted by molar-refractivity contribution is 6.07. The van der Waals surface area contributed by atoms with Gasteiger partial charge in [-0.15, -0.1) is 0 Å². The fourth-order valence-electron chi connectivity index (χ4n) is 2.13. The van der Waals surface area contributed by atoms with Gasteiger partial charge >= 0.3 is 5.97 Å². The van der Waals surface area contributed by atoms with Crippen LogP contribution < -0.4 is 4.90 Å². The van der Waals surface area contributed by atoms with Crippen LogP contribution in [0.25, 0.3) is 0 Å². The van der Waals surface area contributed by atoms with Crippen LogP contribution >= 0.6 is 0 Å². The van der Waals surface area contributed by atoms with E-state index in [1.807, 2.05) is 0 Å². The highest BCUT2D eigenvalue weighted by Gasteiger charge is 2.28. The number of oxazole rings is 1. The van der Waals surface area contributed by atoms with Crippen LogP contribution in [-0.4, -0.2) is 30.0 Å². The molecule has 7 heteroatoms. The maximum Gasteiger partial charge on any atom is 0.326 e. The predicted octanol–water partition coefficient (Wildman–Crippen LogP) is 2.64. The average Bonchev–Trinajstić information content (AvgIpc) is 2.84. The van der Waals surface area contributed by atoms with Gasteiger partial charge in [0.2, 0.25) is 5.76 Å². The fraction of sp³-hybridized carbons (Fsp3) is 0.312. The molecular formula is C16H17FN2O4. The first-order valence-electron chi connectivity index (χ1n) is 7.10. The van der Waals surface area contributed by atoms with Gasteiger partial charge in [0.15, 0.2) is 5.89 Å². The van der Waals surface area contributed by atoms with E-state index < -0.39 is 24.2 Å². The van der Waals surface area contributed by atoms with E-state index in [1.165, 1.54) is 18.2 Å². The Labute approximate surface area is 132 Å². The predicted molar refractivity (Wildman–Crippen MR) is 80.7 cm³/mol. The zero-order valence-corrected chi connectivity index (χ0v) is 13.1. The molecule has 23 heavy (non-hydrogen) atoms. The maximum absolute atomic E-state index is 14.1. The molecule has 0 atom stereocenters. The molecule has 1 aromatic heterocycles. The Kier molecular flexibility index (Phi) is 5.10. The van der Waals surface area contributed by atoms with Gasteiger partial charge < -0.3 is 9.15 Å². The molecule has 0 N–H and O–H groups in total. The van der Waals surface area contributed by atoms with Crippen LogP contribution in [0, 0.1) is 19.7 Å². The zero-order chi connectivity index (χ0) is 17.0. The molecule has 2 rings (SSSR count). The van der Waals surface area contributed by atoms with Crippen molar-refractivity contribution in [3.05, 3.63) is 47.4 Å². The number of benzene rings is 1. The number of halogens is 1. The molecule has 0 unspecified atom stereocenters. The van der Waals surface area contributed by atoms with E-state index in [4.69, 9.17) is 9.15 Å². The minimum absolute atomic E-state index is 0.0287. The number of aromatic nitrogens is 1. The Morgan fingerprint density at radius 2 is 2.00 bits per heavy atom. The first kappa shape index (κ1) is 16.7. The third kappa shape index (κ3) is 3.74. The van der Waals surface area contributed by atoms with Crippen LogP contribution in [-0.2, 0) is 9.53 Å². The lowest BCUT2D eigenvalue weighted by Crippen LogP contribution is -2.37. The summed E-state index contributed by atoms with van der Waals surface area (Å²) in [6, 6.07) is 5.68. The van der Waals surface area contributed by atoms with Gasteiger partial charge in [-0.3, -0.25) is 14.5 Å². The van der Waals surface area contributed by atoms with Gasteiger partial charge in [0.1, 0.15) is 12.4 Å². The van der Waals surface area contributed by atoms with Gasteiger partial charge in [-0.2, -0.15) is 0 Å². The maximum atomic E-state index is 14.1. The number of carbonyl (C=O) groups excluding carboxylic acids is 2. The molecule has 1 aromatic carbocycles. The highest BCUT2D eigenvalue weighted by atomic mass is 19.1. The van der Waals surface area contributed by atoms with Crippen molar-refractivity contribution in [3.63, 3.8) is 0 Å². The van der Waals surface area contributed by atoms with Crippen molar-refractivity contribution < 1.29 is 23.1 Å². The Balaban J connectivity index is 2.41. The van der Waals surface area contributed by atoms with E-state index in [1.54, 1.807) is 26.8 Å². The molecule has 2 aromatic rings. The number of hydrogen-bond acceptors (Lipinski definition) is 5. The van der Waals surface area contributed by atoms with E-state index in [2.05, 4.69) is 4.98 Å². The molecule has 0 saturated carbocycles. The lowest BCUT2D eigenvalue weighted by molar-refractivity contribution is -0.141. The van der Waals surface area contributed by atoms with Gasteiger partial charge in [0.05, 0.1) is 18.0 Å². The Morgan fingerprint density at radius 3 is 2.57 bits per heavy atom. The number of anilines is 1. The highest BCUT2D eigenvalue weighted by Crippen LogP contribution is 2.22. The zero-order valence-electron chi connectivity index (χ0n) is 13.1. The van der Waals surface area contributed by atoms with E-state index in [-0.39, 0.29) is 18.1 Å². The fourth-order valence-corrected chi connectivity index (χ4v) is 2.13. The minimum atomic E-state index is -0.652. The minimum Gasteiger partial charge on any atom is -0.465 e. The lowest BCUT2D eigenvalue weighted by atomic mass is 10.2. The molecule has 0 aliphatic carbocycles. The Morgan fingerprint density at radius 1 is 1.30 bits per heavy atom. The van der Waals surface area contributed by atoms with Crippen molar-refractivity contribution in [3.8, 4) is 0 Å². The van der Waals surface area contributed by atoms with Gasteiger partial charge in [0.25, 0.3) is 5.91 Å². The van der Waals surface area contributed by atoms with E-state index in [0.29, 0.717) is 11.6 Å². The Bertz CT molecular complexity index is 727. The summed E-state index contributed by atoms with van der Waals surface area (Å²) >= 11 is 0. The molecule has 0 aliphatic rings. The smallest absolute Gasteiger partial charge is 0.326 e. The monoisotopic (exact) mass is 320 g/mol. The van der Waals surface area contributed by atoms with Crippen LogP contribution in [0.4, 0.5) is 10.1 Å². The van der Waals surface area contributed by atoms with Crippen molar-refractivity contribution >= 4 is 17.6 Å². The SMILES string of the molecule is CCOC(=O)CN(C(=O)c1oc(C)nc1C)c1ccccc1F. The third-order valence-electron chi connectivity index (χ3n) is 3.08. The standard InChI is InChI=1S/C16H17FN2O4/c1-4-22-14(20)9-19(13-8-6-5-7-12(13)17)16(21)15-10(2)18-11(3)23-15/h5-8H,4,9H2,1-3H3. The molecule has 0 fully saturated rings. The van der Waals surface area contributed by atoms with Crippen LogP contribution in [0.1, 0.15) is 29.1 Å². The summed E-state index contributed by atoms with van der Waals surface area (Å²) in [4.78, 5) is 29.5. The number of para-hydroxylation sites is 1. The largest absolute Gasteiger partial charge is 0.465 e. The van der Waals surface area contributed by atoms with Crippen LogP contribution in [0.2, 0.25) is 0 Å². The van der Waals surface area contributed by atoms with Crippen molar-refractivity contribution in [2.24, 2.45) is 0 Å². The second-order valence-electron chi connectivity index (χ2n) is 4.80. The van der Waals surface area contributed by atoms with Gasteiger partial charge in [0, 0.05) is 6.92 Å². The van der Waals surface area contributed by atoms with Crippen molar-refractivity contribution in [2.75, 3.05) is 18.1 Å². The molecule has 0 bridgehead atoms. The summed E-state index contributed by atoms with van der Waals surface area (Å²) in [6.07, 6.45) is 0. The van der Waals surface area contributed by atoms with Gasteiger partial charge in [-0.1, -0.05) is 12.1 Å². The molecule has 122 valence electrons. The molecule has 1 amide bonds. The van der Waals surface area contributed by atoms with Crippen LogP contribution in [0.5, 0.6) is 0 Å². The van der Waals surface area contributed by atoms with Gasteiger partial charge in [-0.05, 0) is 26.0 Å². The topological polar surface area (TPSA) is 72.6 Å². The molecule has 0 aliphatic heterocycles. The number of ether oxygens (including phenoxy) is 1. The summed E-state index contributed by atoms with van der Waals surface area (Å²) in [7, 11) is 0. The summed E-state index contributed by atoms with van der Waals surface area (Å²) in [5, 5.41) is 0. The summed E-state index contributed by atoms with van der Waals surface area (Å²) in [5.74, 6) is -1.64. The molecule has 0 spiro atoms. The first-order valence-corrected chi connectivity index (χ1v) is 7.10. The van der Waals surface area contributed by atoms with Crippen molar-refractivity contribution in [2.45, 2.75) is 20.8 Å². The van der Waals surface area contributed by atoms with E-state index in [9.17, 15) is 14.0 Å². The van der Waals surface area contributed by atoms with Crippen LogP contribution in [0.15, 0.2) is 28.7 Å². The number of nitrogens with zero attached hydrogens (tertiary/aromatic N) is 2. The van der Waals surface area contributed by atoms with Crippen molar-refractivity contribution in [1.82, 2.24) is 4.98 Å². The normalized spacial score (nSPS) is 10.4. The number of amides is 1. The lowest BCUT2D eigenvalue weighted by Gasteiger charge is -2.21. The number of esters is 1.